The molecule has 2 aromatic rings. The molecule has 0 amide bonds. The number of carbonyl (C=O) groups is 1. The molecule has 0 saturated carbocycles. The van der Waals surface area contributed by atoms with Gasteiger partial charge in [-0.05, 0) is 31.0 Å². The third kappa shape index (κ3) is 5.13. The molecule has 0 fully saturated rings. The van der Waals surface area contributed by atoms with Gasteiger partial charge in [0.2, 0.25) is 0 Å². The quantitative estimate of drug-likeness (QED) is 0.359. The Balaban J connectivity index is 2.32. The van der Waals surface area contributed by atoms with E-state index < -0.39 is 10.9 Å². The molecule has 0 aliphatic rings. The minimum Gasteiger partial charge on any atom is -0.466 e. The molecule has 0 atom stereocenters. The van der Waals surface area contributed by atoms with Crippen LogP contribution in [-0.2, 0) is 9.53 Å². The van der Waals surface area contributed by atoms with Crippen LogP contribution in [-0.4, -0.2) is 23.2 Å². The highest BCUT2D eigenvalue weighted by Gasteiger charge is 2.15. The minimum atomic E-state index is -0.474. The van der Waals surface area contributed by atoms with Crippen LogP contribution in [0.15, 0.2) is 53.6 Å². The van der Waals surface area contributed by atoms with Crippen LogP contribution in [0.2, 0.25) is 0 Å². The number of aryl methyl sites for hydroxylation is 1. The molecule has 7 heteroatoms. The van der Waals surface area contributed by atoms with Crippen LogP contribution in [0.3, 0.4) is 0 Å². The molecule has 0 bridgehead atoms. The number of nitro benzene ring substituents is 1. The average Bonchev–Trinajstić information content (AvgIpc) is 2.60. The molecule has 2 aromatic carbocycles. The van der Waals surface area contributed by atoms with Crippen molar-refractivity contribution in [2.75, 3.05) is 12.0 Å². The first-order valence-corrected chi connectivity index (χ1v) is 7.80. The molecule has 0 spiro atoms. The second-order valence-electron chi connectivity index (χ2n) is 5.30. The maximum Gasteiger partial charge on any atom is 0.311 e. The minimum absolute atomic E-state index is 0.0372. The van der Waals surface area contributed by atoms with Gasteiger partial charge in [-0.1, -0.05) is 36.4 Å². The van der Waals surface area contributed by atoms with Crippen molar-refractivity contribution >= 4 is 23.1 Å². The molecule has 0 aromatic heterocycles. The highest BCUT2D eigenvalue weighted by Crippen LogP contribution is 2.25. The number of benzene rings is 2. The number of hydrogen-bond donors (Lipinski definition) is 1. The molecule has 0 unspecified atom stereocenters. The normalized spacial score (nSPS) is 11.0. The van der Waals surface area contributed by atoms with E-state index in [4.69, 9.17) is 4.74 Å². The molecule has 2 rings (SSSR count). The molecule has 0 saturated heterocycles. The zero-order valence-corrected chi connectivity index (χ0v) is 14.1. The summed E-state index contributed by atoms with van der Waals surface area (Å²) in [7, 11) is 0. The maximum absolute atomic E-state index is 11.8. The number of rotatable bonds is 7. The van der Waals surface area contributed by atoms with Gasteiger partial charge in [0.15, 0.2) is 0 Å². The Kier molecular flexibility index (Phi) is 6.22. The zero-order valence-electron chi connectivity index (χ0n) is 14.1. The monoisotopic (exact) mass is 341 g/mol. The van der Waals surface area contributed by atoms with Gasteiger partial charge >= 0.3 is 5.97 Å². The summed E-state index contributed by atoms with van der Waals surface area (Å²) in [5.41, 5.74) is 4.83. The van der Waals surface area contributed by atoms with E-state index in [1.807, 2.05) is 30.3 Å². The molecular formula is C18H19N3O4. The number of anilines is 1. The van der Waals surface area contributed by atoms with Crippen molar-refractivity contribution in [2.24, 2.45) is 5.10 Å². The van der Waals surface area contributed by atoms with E-state index in [0.29, 0.717) is 5.71 Å². The van der Waals surface area contributed by atoms with Gasteiger partial charge in [-0.3, -0.25) is 20.3 Å². The Hall–Kier alpha value is -3.22. The van der Waals surface area contributed by atoms with Gasteiger partial charge in [0.05, 0.1) is 23.7 Å². The maximum atomic E-state index is 11.8. The van der Waals surface area contributed by atoms with E-state index in [1.165, 1.54) is 6.07 Å². The number of esters is 1. The lowest BCUT2D eigenvalue weighted by Gasteiger charge is -2.08. The number of nitrogens with zero attached hydrogens (tertiary/aromatic N) is 2. The van der Waals surface area contributed by atoms with E-state index in [1.54, 1.807) is 26.0 Å². The first-order valence-electron chi connectivity index (χ1n) is 7.80. The lowest BCUT2D eigenvalue weighted by Crippen LogP contribution is -2.14. The second kappa shape index (κ2) is 8.58. The first kappa shape index (κ1) is 18.1. The summed E-state index contributed by atoms with van der Waals surface area (Å²) in [6.45, 7) is 3.78. The molecule has 1 N–H and O–H groups in total. The highest BCUT2D eigenvalue weighted by atomic mass is 16.6. The predicted octanol–water partition coefficient (Wildman–Crippen LogP) is 3.67. The van der Waals surface area contributed by atoms with Crippen molar-refractivity contribution in [3.8, 4) is 0 Å². The number of nitrogens with one attached hydrogen (secondary N) is 1. The summed E-state index contributed by atoms with van der Waals surface area (Å²) >= 11 is 0. The molecule has 0 aliphatic heterocycles. The number of hydrazone groups is 1. The Morgan fingerprint density at radius 3 is 2.60 bits per heavy atom. The summed E-state index contributed by atoms with van der Waals surface area (Å²) in [5, 5.41) is 15.4. The SMILES string of the molecule is CCOC(=O)C/C(=N/Nc1ccc(C)cc1[N+](=O)[O-])c1ccccc1. The van der Waals surface area contributed by atoms with Crippen LogP contribution in [0.25, 0.3) is 0 Å². The number of ether oxygens (including phenoxy) is 1. The van der Waals surface area contributed by atoms with Crippen molar-refractivity contribution < 1.29 is 14.5 Å². The standard InChI is InChI=1S/C18H19N3O4/c1-3-25-18(22)12-16(14-7-5-4-6-8-14)20-19-15-10-9-13(2)11-17(15)21(23)24/h4-11,19H,3,12H2,1-2H3/b20-16-. The predicted molar refractivity (Wildman–Crippen MR) is 95.7 cm³/mol. The second-order valence-corrected chi connectivity index (χ2v) is 5.30. The Bertz CT molecular complexity index is 788. The van der Waals surface area contributed by atoms with Crippen LogP contribution < -0.4 is 5.43 Å². The van der Waals surface area contributed by atoms with Crippen molar-refractivity contribution in [1.82, 2.24) is 0 Å². The molecule has 0 heterocycles. The lowest BCUT2D eigenvalue weighted by molar-refractivity contribution is -0.384. The molecule has 25 heavy (non-hydrogen) atoms. The van der Waals surface area contributed by atoms with Gasteiger partial charge in [-0.2, -0.15) is 5.10 Å². The first-order chi connectivity index (χ1) is 12.0. The van der Waals surface area contributed by atoms with Crippen molar-refractivity contribution in [3.05, 3.63) is 69.8 Å². The van der Waals surface area contributed by atoms with Gasteiger partial charge in [0, 0.05) is 6.07 Å². The summed E-state index contributed by atoms with van der Waals surface area (Å²) in [6, 6.07) is 13.9. The third-order valence-electron chi connectivity index (χ3n) is 3.39. The Morgan fingerprint density at radius 1 is 1.24 bits per heavy atom. The number of carbonyl (C=O) groups excluding carboxylic acids is 1. The van der Waals surface area contributed by atoms with E-state index in [0.717, 1.165) is 11.1 Å². The summed E-state index contributed by atoms with van der Waals surface area (Å²) in [6.07, 6.45) is -0.0372. The average molecular weight is 341 g/mol. The van der Waals surface area contributed by atoms with E-state index >= 15 is 0 Å². The van der Waals surface area contributed by atoms with Gasteiger partial charge < -0.3 is 4.74 Å². The van der Waals surface area contributed by atoms with Gasteiger partial charge in [0.25, 0.3) is 5.69 Å². The fraction of sp³-hybridized carbons (Fsp3) is 0.222. The molecule has 0 radical (unpaired) electrons. The fourth-order valence-electron chi connectivity index (χ4n) is 2.20. The van der Waals surface area contributed by atoms with Crippen LogP contribution in [0.4, 0.5) is 11.4 Å². The summed E-state index contributed by atoms with van der Waals surface area (Å²) < 4.78 is 4.97. The molecular weight excluding hydrogens is 322 g/mol. The smallest absolute Gasteiger partial charge is 0.311 e. The van der Waals surface area contributed by atoms with Crippen LogP contribution >= 0.6 is 0 Å². The van der Waals surface area contributed by atoms with Crippen molar-refractivity contribution in [1.29, 1.82) is 0 Å². The number of hydrogen-bond acceptors (Lipinski definition) is 6. The summed E-state index contributed by atoms with van der Waals surface area (Å²) in [5.74, 6) is -0.412. The van der Waals surface area contributed by atoms with Gasteiger partial charge in [-0.25, -0.2) is 0 Å². The number of nitro groups is 1. The summed E-state index contributed by atoms with van der Waals surface area (Å²) in [4.78, 5) is 22.5. The fourth-order valence-corrected chi connectivity index (χ4v) is 2.20. The van der Waals surface area contributed by atoms with E-state index in [-0.39, 0.29) is 24.4 Å². The van der Waals surface area contributed by atoms with Crippen molar-refractivity contribution in [3.63, 3.8) is 0 Å². The zero-order chi connectivity index (χ0) is 18.2. The van der Waals surface area contributed by atoms with Crippen LogP contribution in [0.1, 0.15) is 24.5 Å². The van der Waals surface area contributed by atoms with Crippen LogP contribution in [0, 0.1) is 17.0 Å². The van der Waals surface area contributed by atoms with Gasteiger partial charge in [0.1, 0.15) is 5.69 Å². The Labute approximate surface area is 145 Å². The van der Waals surface area contributed by atoms with Crippen molar-refractivity contribution in [2.45, 2.75) is 20.3 Å². The van der Waals surface area contributed by atoms with Crippen LogP contribution in [0.5, 0.6) is 0 Å². The topological polar surface area (TPSA) is 93.8 Å². The van der Waals surface area contributed by atoms with E-state index in [9.17, 15) is 14.9 Å². The van der Waals surface area contributed by atoms with Gasteiger partial charge in [-0.15, -0.1) is 0 Å². The molecule has 0 aliphatic carbocycles. The largest absolute Gasteiger partial charge is 0.466 e. The molecule has 130 valence electrons. The highest BCUT2D eigenvalue weighted by molar-refractivity contribution is 6.09. The lowest BCUT2D eigenvalue weighted by atomic mass is 10.1. The Morgan fingerprint density at radius 2 is 1.96 bits per heavy atom. The molecule has 7 nitrogen and oxygen atoms in total. The van der Waals surface area contributed by atoms with E-state index in [2.05, 4.69) is 10.5 Å². The third-order valence-corrected chi connectivity index (χ3v) is 3.39.